The van der Waals surface area contributed by atoms with E-state index in [1.807, 2.05) is 22.6 Å². The highest BCUT2D eigenvalue weighted by atomic mass is 127. The second kappa shape index (κ2) is 8.82. The largest absolute Gasteiger partial charge is 0.504 e. The number of imide groups is 4. The van der Waals surface area contributed by atoms with Crippen molar-refractivity contribution in [1.82, 2.24) is 9.80 Å². The third-order valence-electron chi connectivity index (χ3n) is 7.84. The van der Waals surface area contributed by atoms with Gasteiger partial charge in [-0.1, -0.05) is 27.6 Å². The Morgan fingerprint density at radius 3 is 2.49 bits per heavy atom. The Morgan fingerprint density at radius 1 is 1.22 bits per heavy atom. The van der Waals surface area contributed by atoms with Gasteiger partial charge in [0.15, 0.2) is 21.2 Å². The standard InChI is InChI=1S/C23H19BrCl2IN3O7/c1-37-13-5-8(4-12(27)16(13)31)15-9-2-3-10-14(18(33)30(17(10)32)21(28)36)11(9)6-22(25)19(34)29(7-24)20(35)23(15,22)26/h2,4-5,10-11,14-15,31H,3,6-7H2,1H3,(H2,28,36). The first-order chi connectivity index (χ1) is 17.3. The maximum Gasteiger partial charge on any atom is 0.328 e. The fourth-order valence-electron chi connectivity index (χ4n) is 6.26. The number of phenols is 1. The molecule has 2 saturated heterocycles. The third-order valence-corrected chi connectivity index (χ3v) is 10.6. The summed E-state index contributed by atoms with van der Waals surface area (Å²) in [5.41, 5.74) is 6.14. The van der Waals surface area contributed by atoms with Gasteiger partial charge in [-0.3, -0.25) is 24.1 Å². The molecule has 6 unspecified atom stereocenters. The molecule has 2 aliphatic heterocycles. The molecule has 0 spiro atoms. The van der Waals surface area contributed by atoms with Crippen LogP contribution in [-0.2, 0) is 19.2 Å². The van der Waals surface area contributed by atoms with E-state index in [1.54, 1.807) is 12.1 Å². The number of fused-ring (bicyclic) bond motifs is 4. The summed E-state index contributed by atoms with van der Waals surface area (Å²) in [5.74, 6) is -6.65. The van der Waals surface area contributed by atoms with Crippen molar-refractivity contribution in [3.8, 4) is 11.5 Å². The first kappa shape index (κ1) is 26.7. The minimum absolute atomic E-state index is 0.0974. The van der Waals surface area contributed by atoms with E-state index >= 15 is 0 Å². The van der Waals surface area contributed by atoms with Crippen LogP contribution >= 0.6 is 61.7 Å². The van der Waals surface area contributed by atoms with Crippen LogP contribution in [0, 0.1) is 21.3 Å². The van der Waals surface area contributed by atoms with Gasteiger partial charge in [0.2, 0.25) is 11.8 Å². The van der Waals surface area contributed by atoms with E-state index in [1.165, 1.54) is 13.2 Å². The SMILES string of the molecule is COc1cc(C2C3=CCC4C(=O)N(C(N)=O)C(=O)C4C3CC3(Cl)C(=O)N(CBr)C(=O)C23Cl)cc(I)c1O. The number of nitrogens with two attached hydrogens (primary N) is 1. The number of phenolic OH excluding ortho intramolecular Hbond substituents is 1. The first-order valence-corrected chi connectivity index (χ1v) is 14.0. The molecule has 14 heteroatoms. The average molecular weight is 727 g/mol. The van der Waals surface area contributed by atoms with E-state index in [4.69, 9.17) is 33.7 Å². The van der Waals surface area contributed by atoms with Gasteiger partial charge in [-0.05, 0) is 59.0 Å². The quantitative estimate of drug-likeness (QED) is 0.160. The number of primary amides is 1. The van der Waals surface area contributed by atoms with E-state index in [-0.39, 0.29) is 29.8 Å². The van der Waals surface area contributed by atoms with Crippen LogP contribution in [0.5, 0.6) is 11.5 Å². The lowest BCUT2D eigenvalue weighted by Crippen LogP contribution is -2.60. The highest BCUT2D eigenvalue weighted by molar-refractivity contribution is 14.1. The number of halogens is 4. The summed E-state index contributed by atoms with van der Waals surface area (Å²) < 4.78 is 5.71. The Hall–Kier alpha value is -1.90. The van der Waals surface area contributed by atoms with Crippen LogP contribution in [0.15, 0.2) is 23.8 Å². The molecule has 4 aliphatic rings. The van der Waals surface area contributed by atoms with Crippen LogP contribution in [0.25, 0.3) is 0 Å². The minimum Gasteiger partial charge on any atom is -0.504 e. The van der Waals surface area contributed by atoms with E-state index in [2.05, 4.69) is 15.9 Å². The minimum atomic E-state index is -1.99. The summed E-state index contributed by atoms with van der Waals surface area (Å²) in [4.78, 5) is 62.8. The van der Waals surface area contributed by atoms with E-state index < -0.39 is 63.1 Å². The maximum absolute atomic E-state index is 13.7. The van der Waals surface area contributed by atoms with Crippen molar-refractivity contribution >= 4 is 91.4 Å². The number of hydrogen-bond acceptors (Lipinski definition) is 7. The van der Waals surface area contributed by atoms with Gasteiger partial charge in [-0.2, -0.15) is 4.90 Å². The van der Waals surface area contributed by atoms with Crippen molar-refractivity contribution in [3.63, 3.8) is 0 Å². The summed E-state index contributed by atoms with van der Waals surface area (Å²) in [6, 6.07) is 1.93. The maximum atomic E-state index is 13.7. The molecule has 10 nitrogen and oxygen atoms in total. The number of likely N-dealkylation sites (tertiary alicyclic amines) is 2. The van der Waals surface area contributed by atoms with Gasteiger partial charge in [-0.25, -0.2) is 4.79 Å². The topological polar surface area (TPSA) is 147 Å². The number of ether oxygens (including phenoxy) is 1. The zero-order valence-electron chi connectivity index (χ0n) is 19.0. The van der Waals surface area contributed by atoms with E-state index in [0.717, 1.165) is 4.90 Å². The highest BCUT2D eigenvalue weighted by Gasteiger charge is 2.76. The van der Waals surface area contributed by atoms with E-state index in [0.29, 0.717) is 19.6 Å². The van der Waals surface area contributed by atoms with Gasteiger partial charge in [-0.15, -0.1) is 23.2 Å². The zero-order chi connectivity index (χ0) is 27.2. The van der Waals surface area contributed by atoms with Gasteiger partial charge in [0.25, 0.3) is 11.8 Å². The van der Waals surface area contributed by atoms with Gasteiger partial charge in [0, 0.05) is 5.92 Å². The molecule has 6 amide bonds. The molecule has 1 aromatic rings. The number of urea groups is 1. The summed E-state index contributed by atoms with van der Waals surface area (Å²) in [6.45, 7) is 0. The lowest BCUT2D eigenvalue weighted by atomic mass is 9.56. The lowest BCUT2D eigenvalue weighted by molar-refractivity contribution is -0.139. The molecule has 0 bridgehead atoms. The monoisotopic (exact) mass is 725 g/mol. The van der Waals surface area contributed by atoms with Crippen molar-refractivity contribution in [3.05, 3.63) is 32.9 Å². The Morgan fingerprint density at radius 2 is 1.89 bits per heavy atom. The highest BCUT2D eigenvalue weighted by Crippen LogP contribution is 2.65. The molecule has 2 heterocycles. The Kier molecular flexibility index (Phi) is 6.36. The molecule has 0 radical (unpaired) electrons. The smallest absolute Gasteiger partial charge is 0.328 e. The number of carbonyl (C=O) groups excluding carboxylic acids is 5. The molecule has 1 saturated carbocycles. The van der Waals surface area contributed by atoms with Gasteiger partial charge in [0.1, 0.15) is 0 Å². The summed E-state index contributed by atoms with van der Waals surface area (Å²) in [6.07, 6.45) is 1.61. The molecule has 196 valence electrons. The van der Waals surface area contributed by atoms with Crippen molar-refractivity contribution in [2.24, 2.45) is 23.5 Å². The normalized spacial score (nSPS) is 34.8. The van der Waals surface area contributed by atoms with Gasteiger partial charge >= 0.3 is 6.03 Å². The molecule has 37 heavy (non-hydrogen) atoms. The number of methoxy groups -OCH3 is 1. The predicted octanol–water partition coefficient (Wildman–Crippen LogP) is 2.80. The van der Waals surface area contributed by atoms with Crippen LogP contribution in [0.1, 0.15) is 24.3 Å². The number of benzene rings is 1. The molecule has 2 aliphatic carbocycles. The van der Waals surface area contributed by atoms with Gasteiger partial charge < -0.3 is 15.6 Å². The zero-order valence-corrected chi connectivity index (χ0v) is 24.3. The summed E-state index contributed by atoms with van der Waals surface area (Å²) >= 11 is 19.3. The van der Waals surface area contributed by atoms with E-state index in [9.17, 15) is 29.1 Å². The van der Waals surface area contributed by atoms with Crippen molar-refractivity contribution < 1.29 is 33.8 Å². The molecular formula is C23H19BrCl2IN3O7. The number of aromatic hydroxyl groups is 1. The summed E-state index contributed by atoms with van der Waals surface area (Å²) in [7, 11) is 1.36. The van der Waals surface area contributed by atoms with Crippen LogP contribution < -0.4 is 10.5 Å². The molecule has 6 atom stereocenters. The lowest BCUT2D eigenvalue weighted by Gasteiger charge is -2.50. The Labute approximate surface area is 242 Å². The number of allylic oxidation sites excluding steroid dienone is 2. The number of carbonyl (C=O) groups is 5. The van der Waals surface area contributed by atoms with Crippen LogP contribution in [-0.4, -0.2) is 66.9 Å². The van der Waals surface area contributed by atoms with Crippen LogP contribution in [0.4, 0.5) is 4.79 Å². The number of nitrogens with zero attached hydrogens (tertiary/aromatic N) is 2. The second-order valence-corrected chi connectivity index (χ2v) is 12.3. The number of amides is 6. The number of alkyl halides is 3. The average Bonchev–Trinajstić information content (AvgIpc) is 3.19. The van der Waals surface area contributed by atoms with Crippen molar-refractivity contribution in [2.45, 2.75) is 28.5 Å². The van der Waals surface area contributed by atoms with Gasteiger partial charge in [0.05, 0.1) is 28.0 Å². The van der Waals surface area contributed by atoms with Crippen molar-refractivity contribution in [1.29, 1.82) is 0 Å². The molecular weight excluding hydrogens is 708 g/mol. The fraction of sp³-hybridized carbons (Fsp3) is 0.435. The Bertz CT molecular complexity index is 1340. The fourth-order valence-corrected chi connectivity index (χ4v) is 8.31. The first-order valence-electron chi connectivity index (χ1n) is 11.1. The predicted molar refractivity (Wildman–Crippen MR) is 142 cm³/mol. The van der Waals surface area contributed by atoms with Crippen LogP contribution in [0.2, 0.25) is 0 Å². The molecule has 0 aromatic heterocycles. The molecule has 3 N–H and O–H groups in total. The molecule has 3 fully saturated rings. The number of rotatable bonds is 3. The summed E-state index contributed by atoms with van der Waals surface area (Å²) in [5, 5.41) is 10.4. The molecule has 5 rings (SSSR count). The van der Waals surface area contributed by atoms with Crippen LogP contribution in [0.3, 0.4) is 0 Å². The Balaban J connectivity index is 1.76. The van der Waals surface area contributed by atoms with Crippen molar-refractivity contribution in [2.75, 3.05) is 12.6 Å². The molecule has 1 aromatic carbocycles. The second-order valence-electron chi connectivity index (χ2n) is 9.39. The number of hydrogen-bond donors (Lipinski definition) is 2. The third kappa shape index (κ3) is 3.31.